The fourth-order valence-corrected chi connectivity index (χ4v) is 5.34. The molecule has 0 aromatic carbocycles. The highest BCUT2D eigenvalue weighted by atomic mass is 32.1. The van der Waals surface area contributed by atoms with Gasteiger partial charge in [0, 0.05) is 17.1 Å². The molecule has 0 saturated carbocycles. The molecular weight excluding hydrogens is 440 g/mol. The van der Waals surface area contributed by atoms with E-state index >= 15 is 0 Å². The van der Waals surface area contributed by atoms with Gasteiger partial charge in [-0.05, 0) is 38.3 Å². The molecule has 11 heteroatoms. The summed E-state index contributed by atoms with van der Waals surface area (Å²) in [5, 5.41) is 20.5. The van der Waals surface area contributed by atoms with Gasteiger partial charge >= 0.3 is 0 Å². The SMILES string of the molecule is COc1nc(-c2csc(N3C/C(=N\O)Cn4nc5c(c43)CCC5)n2)ccc1-n1cnc(C)c1. The van der Waals surface area contributed by atoms with E-state index in [9.17, 15) is 5.21 Å². The number of aromatic nitrogens is 6. The standard InChI is InChI=1S/C22H22N8O2S/c1-13-8-28(12-23-13)19-7-6-17(24-20(19)32-2)18-11-33-22(25-18)29-9-14(27-31)10-30-21(29)15-4-3-5-16(15)26-30/h6-8,11-12,31H,3-5,9-10H2,1-2H3/b27-14+. The Labute approximate surface area is 193 Å². The van der Waals surface area contributed by atoms with Crippen LogP contribution in [0.1, 0.15) is 23.4 Å². The van der Waals surface area contributed by atoms with Gasteiger partial charge in [0.05, 0.1) is 49.3 Å². The van der Waals surface area contributed by atoms with E-state index in [4.69, 9.17) is 19.8 Å². The highest BCUT2D eigenvalue weighted by molar-refractivity contribution is 7.14. The Morgan fingerprint density at radius 3 is 2.85 bits per heavy atom. The lowest BCUT2D eigenvalue weighted by Gasteiger charge is -2.28. The lowest BCUT2D eigenvalue weighted by atomic mass is 10.2. The molecule has 5 heterocycles. The van der Waals surface area contributed by atoms with Crippen LogP contribution in [0.15, 0.2) is 35.2 Å². The first kappa shape index (κ1) is 19.9. The predicted octanol–water partition coefficient (Wildman–Crippen LogP) is 3.37. The third-order valence-corrected chi connectivity index (χ3v) is 6.89. The average molecular weight is 463 g/mol. The zero-order chi connectivity index (χ0) is 22.5. The third kappa shape index (κ3) is 3.27. The molecule has 4 aromatic rings. The van der Waals surface area contributed by atoms with Gasteiger partial charge in [-0.1, -0.05) is 5.16 Å². The zero-order valence-electron chi connectivity index (χ0n) is 18.3. The van der Waals surface area contributed by atoms with Gasteiger partial charge in [0.1, 0.15) is 17.2 Å². The van der Waals surface area contributed by atoms with E-state index in [1.807, 2.05) is 39.9 Å². The third-order valence-electron chi connectivity index (χ3n) is 6.02. The molecule has 10 nitrogen and oxygen atoms in total. The number of imidazole rings is 1. The van der Waals surface area contributed by atoms with Crippen LogP contribution in [0.3, 0.4) is 0 Å². The van der Waals surface area contributed by atoms with E-state index in [2.05, 4.69) is 15.0 Å². The maximum absolute atomic E-state index is 9.46. The van der Waals surface area contributed by atoms with Gasteiger partial charge in [-0.15, -0.1) is 11.3 Å². The molecule has 0 unspecified atom stereocenters. The quantitative estimate of drug-likeness (QED) is 0.366. The molecule has 33 heavy (non-hydrogen) atoms. The van der Waals surface area contributed by atoms with Crippen LogP contribution in [0, 0.1) is 6.92 Å². The Bertz CT molecular complexity index is 1380. The highest BCUT2D eigenvalue weighted by Gasteiger charge is 2.33. The fourth-order valence-electron chi connectivity index (χ4n) is 4.52. The zero-order valence-corrected chi connectivity index (χ0v) is 19.1. The number of methoxy groups -OCH3 is 1. The van der Waals surface area contributed by atoms with Crippen molar-refractivity contribution in [3.05, 3.63) is 47.0 Å². The van der Waals surface area contributed by atoms with Gasteiger partial charge in [0.15, 0.2) is 5.13 Å². The van der Waals surface area contributed by atoms with Crippen LogP contribution in [0.2, 0.25) is 0 Å². The highest BCUT2D eigenvalue weighted by Crippen LogP contribution is 2.39. The van der Waals surface area contributed by atoms with Gasteiger partial charge < -0.3 is 14.5 Å². The molecule has 1 aliphatic heterocycles. The molecule has 0 saturated heterocycles. The molecule has 0 bridgehead atoms. The molecule has 1 N–H and O–H groups in total. The number of hydrogen-bond acceptors (Lipinski definition) is 9. The van der Waals surface area contributed by atoms with E-state index in [-0.39, 0.29) is 0 Å². The number of nitrogens with zero attached hydrogens (tertiary/aromatic N) is 8. The van der Waals surface area contributed by atoms with Crippen LogP contribution in [0.5, 0.6) is 5.88 Å². The number of thiazole rings is 1. The van der Waals surface area contributed by atoms with E-state index < -0.39 is 0 Å². The summed E-state index contributed by atoms with van der Waals surface area (Å²) >= 11 is 1.53. The first-order chi connectivity index (χ1) is 16.1. The molecule has 168 valence electrons. The van der Waals surface area contributed by atoms with Crippen LogP contribution in [-0.2, 0) is 19.4 Å². The molecule has 0 amide bonds. The molecular formula is C22H22N8O2S. The minimum Gasteiger partial charge on any atom is -0.479 e. The Morgan fingerprint density at radius 1 is 1.15 bits per heavy atom. The Kier molecular flexibility index (Phi) is 4.64. The van der Waals surface area contributed by atoms with Gasteiger partial charge in [0.25, 0.3) is 0 Å². The van der Waals surface area contributed by atoms with Gasteiger partial charge in [-0.2, -0.15) is 5.10 Å². The minimum atomic E-state index is 0.483. The van der Waals surface area contributed by atoms with E-state index in [1.54, 1.807) is 13.4 Å². The van der Waals surface area contributed by atoms with Crippen LogP contribution in [0.4, 0.5) is 10.9 Å². The van der Waals surface area contributed by atoms with Crippen molar-refractivity contribution in [2.75, 3.05) is 18.6 Å². The summed E-state index contributed by atoms with van der Waals surface area (Å²) in [6.45, 7) is 2.93. The first-order valence-corrected chi connectivity index (χ1v) is 11.6. The van der Waals surface area contributed by atoms with Crippen LogP contribution in [0.25, 0.3) is 17.1 Å². The molecule has 0 fully saturated rings. The van der Waals surface area contributed by atoms with E-state index in [0.717, 1.165) is 58.7 Å². The lowest BCUT2D eigenvalue weighted by molar-refractivity contribution is 0.315. The minimum absolute atomic E-state index is 0.483. The van der Waals surface area contributed by atoms with Gasteiger partial charge in [-0.25, -0.2) is 19.6 Å². The summed E-state index contributed by atoms with van der Waals surface area (Å²) in [5.74, 6) is 1.56. The number of pyridine rings is 1. The number of oxime groups is 1. The summed E-state index contributed by atoms with van der Waals surface area (Å²) < 4.78 is 9.39. The molecule has 0 atom stereocenters. The molecule has 0 spiro atoms. The number of ether oxygens (including phenoxy) is 1. The normalized spacial score (nSPS) is 16.3. The van der Waals surface area contributed by atoms with Crippen LogP contribution < -0.4 is 9.64 Å². The number of rotatable bonds is 4. The second kappa shape index (κ2) is 7.69. The topological polar surface area (TPSA) is 106 Å². The molecule has 4 aromatic heterocycles. The van der Waals surface area contributed by atoms with E-state index in [0.29, 0.717) is 24.7 Å². The smallest absolute Gasteiger partial charge is 0.238 e. The van der Waals surface area contributed by atoms with E-state index in [1.165, 1.54) is 16.9 Å². The molecule has 6 rings (SSSR count). The van der Waals surface area contributed by atoms with Crippen molar-refractivity contribution >= 4 is 28.0 Å². The molecule has 2 aliphatic rings. The van der Waals surface area contributed by atoms with Gasteiger partial charge in [0.2, 0.25) is 5.88 Å². The second-order valence-electron chi connectivity index (χ2n) is 8.17. The summed E-state index contributed by atoms with van der Waals surface area (Å²) in [6.07, 6.45) is 6.80. The number of hydrogen-bond donors (Lipinski definition) is 1. The van der Waals surface area contributed by atoms with Crippen molar-refractivity contribution in [1.29, 1.82) is 0 Å². The Hall–Kier alpha value is -3.73. The summed E-state index contributed by atoms with van der Waals surface area (Å²) in [7, 11) is 1.61. The number of aryl methyl sites for hydroxylation is 2. The van der Waals surface area contributed by atoms with Crippen LogP contribution in [-0.4, -0.2) is 53.9 Å². The second-order valence-corrected chi connectivity index (χ2v) is 9.01. The maximum Gasteiger partial charge on any atom is 0.238 e. The number of anilines is 2. The molecule has 1 aliphatic carbocycles. The average Bonchev–Trinajstić information content (AvgIpc) is 3.62. The van der Waals surface area contributed by atoms with Crippen molar-refractivity contribution in [2.45, 2.75) is 32.7 Å². The van der Waals surface area contributed by atoms with Crippen molar-refractivity contribution in [1.82, 2.24) is 29.3 Å². The van der Waals surface area contributed by atoms with Crippen molar-refractivity contribution < 1.29 is 9.94 Å². The Balaban J connectivity index is 1.37. The van der Waals surface area contributed by atoms with Crippen LogP contribution >= 0.6 is 11.3 Å². The van der Waals surface area contributed by atoms with Crippen molar-refractivity contribution in [3.63, 3.8) is 0 Å². The monoisotopic (exact) mass is 462 g/mol. The van der Waals surface area contributed by atoms with Crippen molar-refractivity contribution in [3.8, 4) is 23.0 Å². The van der Waals surface area contributed by atoms with Crippen molar-refractivity contribution in [2.24, 2.45) is 5.16 Å². The first-order valence-electron chi connectivity index (χ1n) is 10.7. The summed E-state index contributed by atoms with van der Waals surface area (Å²) in [5.41, 5.74) is 6.30. The molecule has 0 radical (unpaired) electrons. The fraction of sp³-hybridized carbons (Fsp3) is 0.318. The predicted molar refractivity (Wildman–Crippen MR) is 124 cm³/mol. The Morgan fingerprint density at radius 2 is 2.06 bits per heavy atom. The maximum atomic E-state index is 9.46. The number of fused-ring (bicyclic) bond motifs is 3. The summed E-state index contributed by atoms with van der Waals surface area (Å²) in [6, 6.07) is 3.89. The van der Waals surface area contributed by atoms with Gasteiger partial charge in [-0.3, -0.25) is 4.90 Å². The lowest BCUT2D eigenvalue weighted by Crippen LogP contribution is -2.36. The summed E-state index contributed by atoms with van der Waals surface area (Å²) in [4.78, 5) is 16.0. The largest absolute Gasteiger partial charge is 0.479 e.